The van der Waals surface area contributed by atoms with Crippen molar-refractivity contribution in [2.24, 2.45) is 28.3 Å². The van der Waals surface area contributed by atoms with E-state index in [2.05, 4.69) is 17.5 Å². The van der Waals surface area contributed by atoms with Crippen LogP contribution in [0.4, 0.5) is 0 Å². The molecule has 4 nitrogen and oxygen atoms in total. The molecule has 27 heavy (non-hydrogen) atoms. The Morgan fingerprint density at radius 3 is 2.22 bits per heavy atom. The van der Waals surface area contributed by atoms with Crippen molar-refractivity contribution in [1.29, 1.82) is 0 Å². The van der Waals surface area contributed by atoms with Gasteiger partial charge in [0.15, 0.2) is 6.61 Å². The average molecular weight is 430 g/mol. The van der Waals surface area contributed by atoms with Crippen molar-refractivity contribution in [3.63, 3.8) is 0 Å². The van der Waals surface area contributed by atoms with Crippen LogP contribution in [-0.4, -0.2) is 18.2 Å². The molecule has 4 aliphatic rings. The van der Waals surface area contributed by atoms with Crippen molar-refractivity contribution in [3.05, 3.63) is 27.2 Å². The standard InChI is InChI=1S/C20H23Cl3N2O2/c1-11(20-7-12-2-13(8-20)4-14(3-12)9-20)24-25-19(26)10-27-18-6-16(22)15(21)5-17(18)23/h5-6,12-14H,2-4,7-10H2,1H3,(H,25,26)/b24-11-. The van der Waals surface area contributed by atoms with E-state index in [4.69, 9.17) is 39.5 Å². The summed E-state index contributed by atoms with van der Waals surface area (Å²) in [5.41, 5.74) is 3.89. The summed E-state index contributed by atoms with van der Waals surface area (Å²) in [6.45, 7) is 1.87. The summed E-state index contributed by atoms with van der Waals surface area (Å²) in [6.07, 6.45) is 7.82. The van der Waals surface area contributed by atoms with Gasteiger partial charge in [-0.2, -0.15) is 5.10 Å². The van der Waals surface area contributed by atoms with Crippen LogP contribution in [-0.2, 0) is 4.79 Å². The van der Waals surface area contributed by atoms with Crippen LogP contribution in [0.25, 0.3) is 0 Å². The highest BCUT2D eigenvalue weighted by Gasteiger charge is 2.52. The number of amides is 1. The third kappa shape index (κ3) is 3.94. The quantitative estimate of drug-likeness (QED) is 0.369. The topological polar surface area (TPSA) is 50.7 Å². The molecule has 5 rings (SSSR count). The van der Waals surface area contributed by atoms with Gasteiger partial charge in [0, 0.05) is 17.2 Å². The van der Waals surface area contributed by atoms with E-state index in [-0.39, 0.29) is 17.9 Å². The summed E-state index contributed by atoms with van der Waals surface area (Å²) in [5, 5.41) is 5.42. The molecule has 4 saturated carbocycles. The minimum atomic E-state index is -0.318. The zero-order valence-electron chi connectivity index (χ0n) is 15.2. The molecule has 1 N–H and O–H groups in total. The van der Waals surface area contributed by atoms with Gasteiger partial charge in [0.25, 0.3) is 5.91 Å². The van der Waals surface area contributed by atoms with Crippen molar-refractivity contribution >= 4 is 46.4 Å². The highest BCUT2D eigenvalue weighted by atomic mass is 35.5. The summed E-state index contributed by atoms with van der Waals surface area (Å²) >= 11 is 17.9. The van der Waals surface area contributed by atoms with Gasteiger partial charge in [0.1, 0.15) is 5.75 Å². The molecule has 0 radical (unpaired) electrons. The third-order valence-electron chi connectivity index (χ3n) is 6.49. The Kier molecular flexibility index (Phi) is 5.34. The van der Waals surface area contributed by atoms with Gasteiger partial charge < -0.3 is 4.74 Å². The largest absolute Gasteiger partial charge is 0.482 e. The summed E-state index contributed by atoms with van der Waals surface area (Å²) < 4.78 is 5.46. The molecule has 1 aromatic rings. The van der Waals surface area contributed by atoms with E-state index in [1.165, 1.54) is 50.7 Å². The van der Waals surface area contributed by atoms with Crippen LogP contribution in [0.2, 0.25) is 15.1 Å². The first-order valence-corrected chi connectivity index (χ1v) is 10.6. The first-order chi connectivity index (χ1) is 12.8. The summed E-state index contributed by atoms with van der Waals surface area (Å²) in [4.78, 5) is 12.2. The second-order valence-corrected chi connectivity index (χ2v) is 9.64. The molecular weight excluding hydrogens is 407 g/mol. The van der Waals surface area contributed by atoms with Gasteiger partial charge >= 0.3 is 0 Å². The molecule has 0 spiro atoms. The van der Waals surface area contributed by atoms with Crippen molar-refractivity contribution in [2.45, 2.75) is 45.4 Å². The molecule has 0 heterocycles. The Labute approximate surface area is 174 Å². The molecule has 0 saturated heterocycles. The van der Waals surface area contributed by atoms with Gasteiger partial charge in [-0.15, -0.1) is 0 Å². The van der Waals surface area contributed by atoms with Crippen molar-refractivity contribution in [3.8, 4) is 5.75 Å². The Morgan fingerprint density at radius 2 is 1.63 bits per heavy atom. The number of carbonyl (C=O) groups excluding carboxylic acids is 1. The Balaban J connectivity index is 1.35. The number of nitrogens with one attached hydrogen (secondary N) is 1. The van der Waals surface area contributed by atoms with Crippen molar-refractivity contribution < 1.29 is 9.53 Å². The van der Waals surface area contributed by atoms with Crippen LogP contribution in [0.1, 0.15) is 45.4 Å². The van der Waals surface area contributed by atoms with Crippen molar-refractivity contribution in [1.82, 2.24) is 5.43 Å². The molecule has 1 aromatic carbocycles. The number of benzene rings is 1. The molecule has 0 unspecified atom stereocenters. The normalized spacial score (nSPS) is 31.9. The monoisotopic (exact) mass is 428 g/mol. The maximum absolute atomic E-state index is 12.2. The Hall–Kier alpha value is -0.970. The second-order valence-electron chi connectivity index (χ2n) is 8.42. The minimum absolute atomic E-state index is 0.185. The van der Waals surface area contributed by atoms with Crippen LogP contribution in [0.3, 0.4) is 0 Å². The zero-order chi connectivity index (χ0) is 19.2. The second kappa shape index (κ2) is 7.46. The van der Waals surface area contributed by atoms with E-state index < -0.39 is 0 Å². The number of hydrogen-bond donors (Lipinski definition) is 1. The molecular formula is C20H23Cl3N2O2. The van der Waals surface area contributed by atoms with Crippen LogP contribution in [0, 0.1) is 23.2 Å². The summed E-state index contributed by atoms with van der Waals surface area (Å²) in [6, 6.07) is 3.00. The number of halogens is 3. The number of nitrogens with zero attached hydrogens (tertiary/aromatic N) is 1. The fourth-order valence-corrected chi connectivity index (χ4v) is 6.20. The number of hydrogen-bond acceptors (Lipinski definition) is 3. The van der Waals surface area contributed by atoms with E-state index in [1.807, 2.05) is 0 Å². The molecule has 1 amide bonds. The molecule has 4 aliphatic carbocycles. The zero-order valence-corrected chi connectivity index (χ0v) is 17.5. The SMILES string of the molecule is C/C(=N/NC(=O)COc1cc(Cl)c(Cl)cc1Cl)C12CC3CC(CC(C3)C1)C2. The third-order valence-corrected chi connectivity index (χ3v) is 7.51. The predicted octanol–water partition coefficient (Wildman–Crippen LogP) is 5.73. The van der Waals surface area contributed by atoms with E-state index in [1.54, 1.807) is 0 Å². The maximum Gasteiger partial charge on any atom is 0.277 e. The summed E-state index contributed by atoms with van der Waals surface area (Å²) in [5.74, 6) is 2.54. The minimum Gasteiger partial charge on any atom is -0.482 e. The molecule has 7 heteroatoms. The number of hydrazone groups is 1. The Morgan fingerprint density at radius 1 is 1.07 bits per heavy atom. The van der Waals surface area contributed by atoms with Crippen LogP contribution < -0.4 is 10.2 Å². The highest BCUT2D eigenvalue weighted by Crippen LogP contribution is 2.60. The van der Waals surface area contributed by atoms with E-state index in [0.29, 0.717) is 20.8 Å². The summed E-state index contributed by atoms with van der Waals surface area (Å²) in [7, 11) is 0. The van der Waals surface area contributed by atoms with Gasteiger partial charge in [0.05, 0.1) is 15.1 Å². The lowest BCUT2D eigenvalue weighted by molar-refractivity contribution is -0.123. The van der Waals surface area contributed by atoms with Gasteiger partial charge in [-0.25, -0.2) is 5.43 Å². The maximum atomic E-state index is 12.2. The number of rotatable bonds is 5. The average Bonchev–Trinajstić information content (AvgIpc) is 2.60. The van der Waals surface area contributed by atoms with E-state index in [9.17, 15) is 4.79 Å². The van der Waals surface area contributed by atoms with Gasteiger partial charge in [-0.1, -0.05) is 34.8 Å². The molecule has 4 fully saturated rings. The van der Waals surface area contributed by atoms with E-state index in [0.717, 1.165) is 23.5 Å². The van der Waals surface area contributed by atoms with Gasteiger partial charge in [-0.3, -0.25) is 4.79 Å². The van der Waals surface area contributed by atoms with E-state index >= 15 is 0 Å². The predicted molar refractivity (Wildman–Crippen MR) is 109 cm³/mol. The van der Waals surface area contributed by atoms with Gasteiger partial charge in [-0.05, 0) is 69.3 Å². The molecule has 0 aliphatic heterocycles. The molecule has 0 aromatic heterocycles. The molecule has 0 atom stereocenters. The first-order valence-electron chi connectivity index (χ1n) is 9.45. The first kappa shape index (κ1) is 19.4. The van der Waals surface area contributed by atoms with Crippen LogP contribution in [0.5, 0.6) is 5.75 Å². The smallest absolute Gasteiger partial charge is 0.277 e. The fourth-order valence-electron chi connectivity index (χ4n) is 5.61. The van der Waals surface area contributed by atoms with Crippen molar-refractivity contribution in [2.75, 3.05) is 6.61 Å². The van der Waals surface area contributed by atoms with Crippen LogP contribution in [0.15, 0.2) is 17.2 Å². The molecule has 146 valence electrons. The Bertz CT molecular complexity index is 758. The fraction of sp³-hybridized carbons (Fsp3) is 0.600. The lowest BCUT2D eigenvalue weighted by Gasteiger charge is -2.56. The van der Waals surface area contributed by atoms with Crippen LogP contribution >= 0.6 is 34.8 Å². The number of carbonyl (C=O) groups is 1. The number of ether oxygens (including phenoxy) is 1. The lowest BCUT2D eigenvalue weighted by Crippen LogP contribution is -2.49. The highest BCUT2D eigenvalue weighted by molar-refractivity contribution is 6.43. The molecule has 4 bridgehead atoms. The lowest BCUT2D eigenvalue weighted by atomic mass is 9.48. The van der Waals surface area contributed by atoms with Gasteiger partial charge in [0.2, 0.25) is 0 Å².